The molecule has 0 spiro atoms. The molecule has 0 bridgehead atoms. The standard InChI is InChI=1S/C22H28N2O4/c1-15-10-11-18(16(2)12-15)27-13-20(25)23-24-21(26)14-28-19-9-7-6-8-17(19)22(3,4)5/h6-12H,13-14H2,1-5H3,(H,23,25)(H,24,26). The molecule has 0 fully saturated rings. The Balaban J connectivity index is 1.77. The van der Waals surface area contributed by atoms with Crippen molar-refractivity contribution in [1.29, 1.82) is 0 Å². The number of amides is 2. The lowest BCUT2D eigenvalue weighted by Gasteiger charge is -2.22. The van der Waals surface area contributed by atoms with Crippen LogP contribution in [-0.4, -0.2) is 25.0 Å². The van der Waals surface area contributed by atoms with Gasteiger partial charge in [-0.05, 0) is 42.5 Å². The van der Waals surface area contributed by atoms with Gasteiger partial charge < -0.3 is 9.47 Å². The number of nitrogens with one attached hydrogen (secondary N) is 2. The minimum absolute atomic E-state index is 0.104. The third-order valence-corrected chi connectivity index (χ3v) is 4.08. The lowest BCUT2D eigenvalue weighted by atomic mass is 9.86. The lowest BCUT2D eigenvalue weighted by Crippen LogP contribution is -2.45. The van der Waals surface area contributed by atoms with Gasteiger partial charge in [0.25, 0.3) is 11.8 Å². The Kier molecular flexibility index (Phi) is 7.04. The molecule has 150 valence electrons. The average Bonchev–Trinajstić information content (AvgIpc) is 2.63. The molecule has 2 N–H and O–H groups in total. The summed E-state index contributed by atoms with van der Waals surface area (Å²) in [7, 11) is 0. The maximum Gasteiger partial charge on any atom is 0.276 e. The molecule has 0 saturated heterocycles. The molecule has 0 aliphatic rings. The zero-order valence-electron chi connectivity index (χ0n) is 17.1. The van der Waals surface area contributed by atoms with Crippen LogP contribution in [0.25, 0.3) is 0 Å². The number of ether oxygens (including phenoxy) is 2. The molecule has 2 aromatic carbocycles. The summed E-state index contributed by atoms with van der Waals surface area (Å²) in [5, 5.41) is 0. The molecule has 0 radical (unpaired) electrons. The van der Waals surface area contributed by atoms with Crippen LogP contribution in [0, 0.1) is 13.8 Å². The fraction of sp³-hybridized carbons (Fsp3) is 0.364. The van der Waals surface area contributed by atoms with Crippen LogP contribution >= 0.6 is 0 Å². The van der Waals surface area contributed by atoms with Gasteiger partial charge in [0, 0.05) is 0 Å². The van der Waals surface area contributed by atoms with E-state index in [9.17, 15) is 9.59 Å². The SMILES string of the molecule is Cc1ccc(OCC(=O)NNC(=O)COc2ccccc2C(C)(C)C)c(C)c1. The molecular weight excluding hydrogens is 356 g/mol. The zero-order valence-corrected chi connectivity index (χ0v) is 17.1. The van der Waals surface area contributed by atoms with Gasteiger partial charge in [0.2, 0.25) is 0 Å². The van der Waals surface area contributed by atoms with Crippen LogP contribution in [-0.2, 0) is 15.0 Å². The molecule has 2 aromatic rings. The number of hydrazine groups is 1. The van der Waals surface area contributed by atoms with Gasteiger partial charge in [0.15, 0.2) is 13.2 Å². The fourth-order valence-corrected chi connectivity index (χ4v) is 2.67. The second-order valence-electron chi connectivity index (χ2n) is 7.69. The highest BCUT2D eigenvalue weighted by Crippen LogP contribution is 2.30. The smallest absolute Gasteiger partial charge is 0.276 e. The first kappa shape index (κ1) is 21.3. The van der Waals surface area contributed by atoms with Crippen molar-refractivity contribution in [3.05, 3.63) is 59.2 Å². The van der Waals surface area contributed by atoms with Crippen LogP contribution in [0.4, 0.5) is 0 Å². The van der Waals surface area contributed by atoms with E-state index in [2.05, 4.69) is 31.6 Å². The van der Waals surface area contributed by atoms with E-state index in [-0.39, 0.29) is 18.6 Å². The normalized spacial score (nSPS) is 10.9. The van der Waals surface area contributed by atoms with Crippen molar-refractivity contribution in [3.63, 3.8) is 0 Å². The molecule has 2 rings (SSSR count). The minimum atomic E-state index is -0.455. The van der Waals surface area contributed by atoms with E-state index < -0.39 is 11.8 Å². The summed E-state index contributed by atoms with van der Waals surface area (Å²) < 4.78 is 11.1. The van der Waals surface area contributed by atoms with Crippen molar-refractivity contribution in [2.75, 3.05) is 13.2 Å². The van der Waals surface area contributed by atoms with Crippen molar-refractivity contribution in [2.45, 2.75) is 40.0 Å². The third-order valence-electron chi connectivity index (χ3n) is 4.08. The van der Waals surface area contributed by atoms with Crippen molar-refractivity contribution in [1.82, 2.24) is 10.9 Å². The van der Waals surface area contributed by atoms with Crippen LogP contribution < -0.4 is 20.3 Å². The highest BCUT2D eigenvalue weighted by molar-refractivity contribution is 5.83. The van der Waals surface area contributed by atoms with E-state index in [1.54, 1.807) is 0 Å². The van der Waals surface area contributed by atoms with Gasteiger partial charge in [-0.25, -0.2) is 0 Å². The van der Waals surface area contributed by atoms with E-state index in [1.807, 2.05) is 56.3 Å². The number of benzene rings is 2. The monoisotopic (exact) mass is 384 g/mol. The molecule has 0 aromatic heterocycles. The first-order valence-corrected chi connectivity index (χ1v) is 9.17. The second-order valence-corrected chi connectivity index (χ2v) is 7.69. The third kappa shape index (κ3) is 6.30. The lowest BCUT2D eigenvalue weighted by molar-refractivity contribution is -0.131. The Morgan fingerprint density at radius 3 is 2.00 bits per heavy atom. The highest BCUT2D eigenvalue weighted by Gasteiger charge is 2.19. The summed E-state index contributed by atoms with van der Waals surface area (Å²) in [4.78, 5) is 23.8. The highest BCUT2D eigenvalue weighted by atomic mass is 16.5. The number of para-hydroxylation sites is 1. The predicted molar refractivity (Wildman–Crippen MR) is 108 cm³/mol. The number of carbonyl (C=O) groups is 2. The van der Waals surface area contributed by atoms with Gasteiger partial charge in [-0.2, -0.15) is 0 Å². The van der Waals surface area contributed by atoms with Crippen molar-refractivity contribution < 1.29 is 19.1 Å². The molecule has 28 heavy (non-hydrogen) atoms. The molecule has 2 amide bonds. The molecule has 0 aliphatic heterocycles. The van der Waals surface area contributed by atoms with E-state index in [0.717, 1.165) is 16.7 Å². The summed E-state index contributed by atoms with van der Waals surface area (Å²) >= 11 is 0. The van der Waals surface area contributed by atoms with Gasteiger partial charge in [-0.1, -0.05) is 56.7 Å². The number of hydrogen-bond acceptors (Lipinski definition) is 4. The summed E-state index contributed by atoms with van der Waals surface area (Å²) in [5.74, 6) is 0.371. The van der Waals surface area contributed by atoms with Crippen LogP contribution in [0.5, 0.6) is 11.5 Å². The summed E-state index contributed by atoms with van der Waals surface area (Å²) in [6, 6.07) is 13.3. The zero-order chi connectivity index (χ0) is 20.7. The molecule has 6 nitrogen and oxygen atoms in total. The average molecular weight is 384 g/mol. The number of hydrogen-bond donors (Lipinski definition) is 2. The first-order chi connectivity index (χ1) is 13.2. The van der Waals surface area contributed by atoms with Crippen LogP contribution in [0.3, 0.4) is 0 Å². The van der Waals surface area contributed by atoms with Crippen molar-refractivity contribution in [3.8, 4) is 11.5 Å². The number of carbonyl (C=O) groups excluding carboxylic acids is 2. The van der Waals surface area contributed by atoms with E-state index in [0.29, 0.717) is 11.5 Å². The Hall–Kier alpha value is -3.02. The van der Waals surface area contributed by atoms with E-state index in [1.165, 1.54) is 0 Å². The molecule has 0 unspecified atom stereocenters. The summed E-state index contributed by atoms with van der Waals surface area (Å²) in [6.07, 6.45) is 0. The number of aryl methyl sites for hydroxylation is 2. The largest absolute Gasteiger partial charge is 0.483 e. The quantitative estimate of drug-likeness (QED) is 0.750. The molecular formula is C22H28N2O4. The fourth-order valence-electron chi connectivity index (χ4n) is 2.67. The maximum atomic E-state index is 12.0. The Morgan fingerprint density at radius 2 is 1.43 bits per heavy atom. The molecule has 0 atom stereocenters. The van der Waals surface area contributed by atoms with Gasteiger partial charge in [0.05, 0.1) is 0 Å². The molecule has 0 aliphatic carbocycles. The molecule has 6 heteroatoms. The van der Waals surface area contributed by atoms with Crippen molar-refractivity contribution in [2.24, 2.45) is 0 Å². The first-order valence-electron chi connectivity index (χ1n) is 9.17. The van der Waals surface area contributed by atoms with Crippen LogP contribution in [0.2, 0.25) is 0 Å². The molecule has 0 saturated carbocycles. The predicted octanol–water partition coefficient (Wildman–Crippen LogP) is 3.21. The summed E-state index contributed by atoms with van der Waals surface area (Å²) in [5.41, 5.74) is 7.62. The molecule has 0 heterocycles. The van der Waals surface area contributed by atoms with Crippen LogP contribution in [0.1, 0.15) is 37.5 Å². The van der Waals surface area contributed by atoms with E-state index >= 15 is 0 Å². The second kappa shape index (κ2) is 9.26. The Bertz CT molecular complexity index is 841. The Labute approximate surface area is 166 Å². The van der Waals surface area contributed by atoms with Gasteiger partial charge in [-0.15, -0.1) is 0 Å². The van der Waals surface area contributed by atoms with Gasteiger partial charge in [-0.3, -0.25) is 20.4 Å². The topological polar surface area (TPSA) is 76.7 Å². The van der Waals surface area contributed by atoms with E-state index in [4.69, 9.17) is 9.47 Å². The maximum absolute atomic E-state index is 12.0. The minimum Gasteiger partial charge on any atom is -0.483 e. The van der Waals surface area contributed by atoms with Crippen molar-refractivity contribution >= 4 is 11.8 Å². The van der Waals surface area contributed by atoms with Crippen LogP contribution in [0.15, 0.2) is 42.5 Å². The summed E-state index contributed by atoms with van der Waals surface area (Å²) in [6.45, 7) is 9.72. The van der Waals surface area contributed by atoms with Gasteiger partial charge in [0.1, 0.15) is 11.5 Å². The number of rotatable bonds is 6. The van der Waals surface area contributed by atoms with Gasteiger partial charge >= 0.3 is 0 Å². The Morgan fingerprint density at radius 1 is 0.857 bits per heavy atom.